The van der Waals surface area contributed by atoms with Gasteiger partial charge in [0.05, 0.1) is 0 Å². The number of rotatable bonds is 8. The van der Waals surface area contributed by atoms with E-state index in [2.05, 4.69) is 0 Å². The molecule has 0 atom stereocenters. The molecule has 0 bridgehead atoms. The molecule has 0 aliphatic carbocycles. The van der Waals surface area contributed by atoms with Gasteiger partial charge >= 0.3 is 0 Å². The van der Waals surface area contributed by atoms with E-state index < -0.39 is 0 Å². The van der Waals surface area contributed by atoms with Crippen LogP contribution in [0.5, 0.6) is 17.2 Å². The highest BCUT2D eigenvalue weighted by Crippen LogP contribution is 2.34. The summed E-state index contributed by atoms with van der Waals surface area (Å²) >= 11 is 0. The molecule has 1 N–H and O–H groups in total. The van der Waals surface area contributed by atoms with Gasteiger partial charge in [0.2, 0.25) is 0 Å². The van der Waals surface area contributed by atoms with Crippen molar-refractivity contribution in [3.05, 3.63) is 17.7 Å². The third-order valence-electron chi connectivity index (χ3n) is 2.33. The molecule has 6 heteroatoms. The topological polar surface area (TPSA) is 74.2 Å². The van der Waals surface area contributed by atoms with E-state index in [-0.39, 0.29) is 42.9 Å². The van der Waals surface area contributed by atoms with Crippen molar-refractivity contribution in [1.82, 2.24) is 0 Å². The van der Waals surface area contributed by atoms with Gasteiger partial charge in [-0.1, -0.05) is 6.92 Å². The molecular weight excluding hydrogens is 252 g/mol. The summed E-state index contributed by atoms with van der Waals surface area (Å²) in [5, 5.41) is 9.91. The van der Waals surface area contributed by atoms with Crippen LogP contribution < -0.4 is 9.47 Å². The zero-order valence-electron chi connectivity index (χ0n) is 11.3. The zero-order chi connectivity index (χ0) is 14.3. The maximum absolute atomic E-state index is 11.8. The average molecular weight is 270 g/mol. The lowest BCUT2D eigenvalue weighted by molar-refractivity contribution is 0.0452. The number of phenolic OH excluding ortho intramolecular Hbond substituents is 1. The fourth-order valence-corrected chi connectivity index (χ4v) is 1.48. The molecule has 0 heterocycles. The van der Waals surface area contributed by atoms with Gasteiger partial charge in [0.15, 0.2) is 19.4 Å². The fraction of sp³-hybridized carbons (Fsp3) is 0.462. The first-order valence-corrected chi connectivity index (χ1v) is 5.77. The summed E-state index contributed by atoms with van der Waals surface area (Å²) in [5.74, 6) is 0.159. The van der Waals surface area contributed by atoms with Crippen LogP contribution in [0, 0.1) is 0 Å². The Bertz CT molecular complexity index is 429. The first kappa shape index (κ1) is 15.3. The van der Waals surface area contributed by atoms with E-state index in [1.165, 1.54) is 26.4 Å². The first-order valence-electron chi connectivity index (χ1n) is 5.77. The second-order valence-corrected chi connectivity index (χ2v) is 3.69. The Hall–Kier alpha value is -1.79. The van der Waals surface area contributed by atoms with Crippen molar-refractivity contribution in [3.63, 3.8) is 0 Å². The van der Waals surface area contributed by atoms with Crippen molar-refractivity contribution in [1.29, 1.82) is 0 Å². The van der Waals surface area contributed by atoms with Crippen LogP contribution in [-0.4, -0.2) is 38.7 Å². The van der Waals surface area contributed by atoms with Gasteiger partial charge in [-0.05, 0) is 0 Å². The largest absolute Gasteiger partial charge is 0.507 e. The normalized spacial score (nSPS) is 10.3. The van der Waals surface area contributed by atoms with Crippen molar-refractivity contribution < 1.29 is 28.8 Å². The second-order valence-electron chi connectivity index (χ2n) is 3.69. The van der Waals surface area contributed by atoms with Gasteiger partial charge in [0.25, 0.3) is 0 Å². The Labute approximate surface area is 111 Å². The van der Waals surface area contributed by atoms with Gasteiger partial charge < -0.3 is 24.1 Å². The molecule has 0 unspecified atom stereocenters. The number of hydrogen-bond donors (Lipinski definition) is 1. The van der Waals surface area contributed by atoms with E-state index in [1.807, 2.05) is 0 Å². The lowest BCUT2D eigenvalue weighted by Crippen LogP contribution is -2.07. The van der Waals surface area contributed by atoms with Crippen molar-refractivity contribution in [2.24, 2.45) is 0 Å². The predicted octanol–water partition coefficient (Wildman–Crippen LogP) is 1.95. The van der Waals surface area contributed by atoms with E-state index in [9.17, 15) is 9.90 Å². The maximum Gasteiger partial charge on any atom is 0.188 e. The summed E-state index contributed by atoms with van der Waals surface area (Å²) < 4.78 is 20.1. The molecule has 0 saturated carbocycles. The second kappa shape index (κ2) is 7.60. The number of Topliss-reactive ketones (excluding diaryl/α,β-unsaturated/α-hetero) is 1. The number of phenols is 1. The highest BCUT2D eigenvalue weighted by atomic mass is 16.7. The van der Waals surface area contributed by atoms with Crippen LogP contribution in [0.1, 0.15) is 23.7 Å². The molecule has 0 aromatic heterocycles. The number of hydrogen-bond acceptors (Lipinski definition) is 6. The minimum absolute atomic E-state index is 0.0306. The molecule has 1 rings (SSSR count). The Morgan fingerprint density at radius 1 is 1.16 bits per heavy atom. The molecule has 0 aliphatic rings. The third kappa shape index (κ3) is 4.11. The standard InChI is InChI=1S/C13H18O6/c1-4-10(14)13-11(15)5-9(18-7-16-2)6-12(13)19-8-17-3/h5-6,15H,4,7-8H2,1-3H3. The molecule has 19 heavy (non-hydrogen) atoms. The molecule has 106 valence electrons. The molecule has 0 saturated heterocycles. The highest BCUT2D eigenvalue weighted by Gasteiger charge is 2.18. The molecule has 1 aromatic rings. The SMILES string of the molecule is CCC(=O)c1c(O)cc(OCOC)cc1OCOC. The lowest BCUT2D eigenvalue weighted by atomic mass is 10.1. The van der Waals surface area contributed by atoms with Gasteiger partial charge in [-0.15, -0.1) is 0 Å². The van der Waals surface area contributed by atoms with Crippen molar-refractivity contribution in [2.75, 3.05) is 27.8 Å². The molecular formula is C13H18O6. The summed E-state index contributed by atoms with van der Waals surface area (Å²) in [7, 11) is 2.95. The van der Waals surface area contributed by atoms with E-state index in [4.69, 9.17) is 18.9 Å². The molecule has 0 fully saturated rings. The van der Waals surface area contributed by atoms with Crippen LogP contribution in [-0.2, 0) is 9.47 Å². The molecule has 0 aliphatic heterocycles. The minimum atomic E-state index is -0.220. The van der Waals surface area contributed by atoms with Crippen LogP contribution in [0.2, 0.25) is 0 Å². The van der Waals surface area contributed by atoms with Crippen LogP contribution in [0.4, 0.5) is 0 Å². The van der Waals surface area contributed by atoms with Gasteiger partial charge in [-0.25, -0.2) is 0 Å². The monoisotopic (exact) mass is 270 g/mol. The summed E-state index contributed by atoms with van der Waals surface area (Å²) in [6.07, 6.45) is 0.259. The molecule has 6 nitrogen and oxygen atoms in total. The minimum Gasteiger partial charge on any atom is -0.507 e. The van der Waals surface area contributed by atoms with Crippen LogP contribution in [0.25, 0.3) is 0 Å². The zero-order valence-corrected chi connectivity index (χ0v) is 11.3. The number of benzene rings is 1. The number of carbonyl (C=O) groups is 1. The highest BCUT2D eigenvalue weighted by molar-refractivity contribution is 6.01. The smallest absolute Gasteiger partial charge is 0.188 e. The fourth-order valence-electron chi connectivity index (χ4n) is 1.48. The molecule has 0 amide bonds. The van der Waals surface area contributed by atoms with E-state index in [1.54, 1.807) is 6.92 Å². The predicted molar refractivity (Wildman–Crippen MR) is 67.7 cm³/mol. The maximum atomic E-state index is 11.8. The molecule has 1 aromatic carbocycles. The summed E-state index contributed by atoms with van der Waals surface area (Å²) in [4.78, 5) is 11.8. The van der Waals surface area contributed by atoms with E-state index in [0.717, 1.165) is 0 Å². The molecule has 0 radical (unpaired) electrons. The van der Waals surface area contributed by atoms with Gasteiger partial charge in [0, 0.05) is 32.8 Å². The van der Waals surface area contributed by atoms with Gasteiger partial charge in [-0.3, -0.25) is 4.79 Å². The Kier molecular flexibility index (Phi) is 6.11. The Morgan fingerprint density at radius 3 is 2.37 bits per heavy atom. The summed E-state index contributed by atoms with van der Waals surface area (Å²) in [6, 6.07) is 2.86. The number of aromatic hydroxyl groups is 1. The van der Waals surface area contributed by atoms with E-state index in [0.29, 0.717) is 5.75 Å². The summed E-state index contributed by atoms with van der Waals surface area (Å²) in [6.45, 7) is 1.71. The summed E-state index contributed by atoms with van der Waals surface area (Å²) in [5.41, 5.74) is 0.129. The lowest BCUT2D eigenvalue weighted by Gasteiger charge is -2.13. The Balaban J connectivity index is 3.10. The number of ether oxygens (including phenoxy) is 4. The molecule has 0 spiro atoms. The van der Waals surface area contributed by atoms with Crippen LogP contribution >= 0.6 is 0 Å². The third-order valence-corrected chi connectivity index (χ3v) is 2.33. The first-order chi connectivity index (χ1) is 9.13. The van der Waals surface area contributed by atoms with Gasteiger partial charge in [-0.2, -0.15) is 0 Å². The average Bonchev–Trinajstić information content (AvgIpc) is 2.41. The van der Waals surface area contributed by atoms with Crippen molar-refractivity contribution >= 4 is 5.78 Å². The Morgan fingerprint density at radius 2 is 1.79 bits per heavy atom. The van der Waals surface area contributed by atoms with E-state index >= 15 is 0 Å². The van der Waals surface area contributed by atoms with Crippen LogP contribution in [0.3, 0.4) is 0 Å². The quantitative estimate of drug-likeness (QED) is 0.575. The van der Waals surface area contributed by atoms with Crippen LogP contribution in [0.15, 0.2) is 12.1 Å². The van der Waals surface area contributed by atoms with Crippen molar-refractivity contribution in [3.8, 4) is 17.2 Å². The number of ketones is 1. The number of methoxy groups -OCH3 is 2. The number of carbonyl (C=O) groups excluding carboxylic acids is 1. The van der Waals surface area contributed by atoms with Crippen molar-refractivity contribution in [2.45, 2.75) is 13.3 Å². The van der Waals surface area contributed by atoms with Gasteiger partial charge in [0.1, 0.15) is 22.8 Å².